The number of H-pyrrole nitrogens is 1. The lowest BCUT2D eigenvalue weighted by Crippen LogP contribution is -2.09. The predicted octanol–water partition coefficient (Wildman–Crippen LogP) is 6.61. The number of nitrogens with one attached hydrogen (secondary N) is 1. The molecule has 0 aliphatic carbocycles. The monoisotopic (exact) mass is 453 g/mol. The Morgan fingerprint density at radius 2 is 1.58 bits per heavy atom. The van der Waals surface area contributed by atoms with Gasteiger partial charge in [-0.3, -0.25) is 4.79 Å². The summed E-state index contributed by atoms with van der Waals surface area (Å²) in [6.45, 7) is 2.14. The molecule has 0 saturated heterocycles. The molecule has 0 radical (unpaired) electrons. The molecule has 0 spiro atoms. The predicted molar refractivity (Wildman–Crippen MR) is 131 cm³/mol. The van der Waals surface area contributed by atoms with Gasteiger partial charge in [0.15, 0.2) is 5.78 Å². The Labute approximate surface area is 196 Å². The Kier molecular flexibility index (Phi) is 6.09. The molecule has 2 atom stereocenters. The topological polar surface area (TPSA) is 71.8 Å². The minimum Gasteiger partial charge on any atom is -0.416 e. The fraction of sp³-hybridized carbons (Fsp3) is 0.148. The normalized spacial score (nSPS) is 13.1. The Bertz CT molecular complexity index is 1360. The molecule has 164 valence electrons. The summed E-state index contributed by atoms with van der Waals surface area (Å²) >= 11 is 1.30. The number of Topliss-reactive ketones (excluding diaryl/α,β-unsaturated/α-hetero) is 1. The fourth-order valence-corrected chi connectivity index (χ4v) is 4.91. The van der Waals surface area contributed by atoms with Crippen LogP contribution in [0, 0.1) is 0 Å². The fourth-order valence-electron chi connectivity index (χ4n) is 3.95. The molecule has 0 aliphatic heterocycles. The Morgan fingerprint density at radius 3 is 2.33 bits per heavy atom. The summed E-state index contributed by atoms with van der Waals surface area (Å²) in [5, 5.41) is 9.30. The van der Waals surface area contributed by atoms with Crippen LogP contribution in [0.2, 0.25) is 0 Å². The van der Waals surface area contributed by atoms with Gasteiger partial charge in [0, 0.05) is 29.1 Å². The third-order valence-electron chi connectivity index (χ3n) is 5.71. The first-order chi connectivity index (χ1) is 16.2. The summed E-state index contributed by atoms with van der Waals surface area (Å²) < 4.78 is 5.96. The summed E-state index contributed by atoms with van der Waals surface area (Å²) in [6, 6.07) is 27.8. The van der Waals surface area contributed by atoms with E-state index in [0.717, 1.165) is 16.5 Å². The SMILES string of the molecule is CC(Cc1nnc(SC(C(=O)c2c[nH]c3ccccc23)c2ccccc2)o1)c1ccccc1. The third kappa shape index (κ3) is 4.61. The van der Waals surface area contributed by atoms with Crippen LogP contribution in [0.3, 0.4) is 0 Å². The van der Waals surface area contributed by atoms with Crippen molar-refractivity contribution < 1.29 is 9.21 Å². The smallest absolute Gasteiger partial charge is 0.277 e. The van der Waals surface area contributed by atoms with Gasteiger partial charge in [-0.25, -0.2) is 0 Å². The van der Waals surface area contributed by atoms with Crippen LogP contribution in [-0.4, -0.2) is 21.0 Å². The number of benzene rings is 3. The highest BCUT2D eigenvalue weighted by molar-refractivity contribution is 8.00. The highest BCUT2D eigenvalue weighted by Gasteiger charge is 2.28. The van der Waals surface area contributed by atoms with Crippen molar-refractivity contribution in [2.24, 2.45) is 0 Å². The maximum atomic E-state index is 13.7. The van der Waals surface area contributed by atoms with Crippen LogP contribution in [-0.2, 0) is 6.42 Å². The molecular weight excluding hydrogens is 430 g/mol. The molecule has 2 heterocycles. The van der Waals surface area contributed by atoms with Gasteiger partial charge in [0.05, 0.1) is 0 Å². The van der Waals surface area contributed by atoms with Crippen molar-refractivity contribution in [1.82, 2.24) is 15.2 Å². The molecule has 1 N–H and O–H groups in total. The molecule has 6 heteroatoms. The van der Waals surface area contributed by atoms with Gasteiger partial charge in [0.2, 0.25) is 5.89 Å². The summed E-state index contributed by atoms with van der Waals surface area (Å²) in [7, 11) is 0. The van der Waals surface area contributed by atoms with Crippen molar-refractivity contribution >= 4 is 28.4 Å². The third-order valence-corrected chi connectivity index (χ3v) is 6.80. The van der Waals surface area contributed by atoms with E-state index >= 15 is 0 Å². The van der Waals surface area contributed by atoms with E-state index in [1.165, 1.54) is 17.3 Å². The van der Waals surface area contributed by atoms with Crippen LogP contribution >= 0.6 is 11.8 Å². The molecule has 0 bridgehead atoms. The molecule has 0 aliphatic rings. The first kappa shape index (κ1) is 21.2. The number of aromatic nitrogens is 3. The number of aromatic amines is 1. The molecule has 5 nitrogen and oxygen atoms in total. The Hall–Kier alpha value is -3.64. The number of carbonyl (C=O) groups excluding carboxylic acids is 1. The molecule has 2 unspecified atom stereocenters. The highest BCUT2D eigenvalue weighted by Crippen LogP contribution is 2.38. The van der Waals surface area contributed by atoms with Crippen molar-refractivity contribution in [1.29, 1.82) is 0 Å². The molecule has 2 aromatic heterocycles. The molecule has 0 fully saturated rings. The van der Waals surface area contributed by atoms with E-state index in [1.807, 2.05) is 72.8 Å². The van der Waals surface area contributed by atoms with Gasteiger partial charge in [0.25, 0.3) is 5.22 Å². The maximum Gasteiger partial charge on any atom is 0.277 e. The molecule has 3 aromatic carbocycles. The molecule has 0 saturated carbocycles. The summed E-state index contributed by atoms with van der Waals surface area (Å²) in [5.74, 6) is 0.823. The van der Waals surface area contributed by atoms with Crippen molar-refractivity contribution in [2.45, 2.75) is 29.7 Å². The van der Waals surface area contributed by atoms with E-state index in [-0.39, 0.29) is 11.7 Å². The van der Waals surface area contributed by atoms with Crippen LogP contribution in [0.15, 0.2) is 101 Å². The van der Waals surface area contributed by atoms with Crippen LogP contribution in [0.5, 0.6) is 0 Å². The second-order valence-electron chi connectivity index (χ2n) is 8.00. The number of nitrogens with zero attached hydrogens (tertiary/aromatic N) is 2. The van der Waals surface area contributed by atoms with E-state index in [9.17, 15) is 4.79 Å². The zero-order valence-corrected chi connectivity index (χ0v) is 19.0. The number of thioether (sulfide) groups is 1. The number of hydrogen-bond donors (Lipinski definition) is 1. The number of para-hydroxylation sites is 1. The highest BCUT2D eigenvalue weighted by atomic mass is 32.2. The Morgan fingerprint density at radius 1 is 0.909 bits per heavy atom. The zero-order chi connectivity index (χ0) is 22.6. The van der Waals surface area contributed by atoms with Crippen LogP contribution in [0.4, 0.5) is 0 Å². The van der Waals surface area contributed by atoms with E-state index in [1.54, 1.807) is 6.20 Å². The van der Waals surface area contributed by atoms with Gasteiger partial charge in [-0.15, -0.1) is 10.2 Å². The van der Waals surface area contributed by atoms with Gasteiger partial charge in [0.1, 0.15) is 5.25 Å². The number of hydrogen-bond acceptors (Lipinski definition) is 5. The minimum atomic E-state index is -0.495. The van der Waals surface area contributed by atoms with Crippen LogP contribution < -0.4 is 0 Å². The maximum absolute atomic E-state index is 13.7. The second kappa shape index (κ2) is 9.46. The average Bonchev–Trinajstić information content (AvgIpc) is 3.50. The van der Waals surface area contributed by atoms with Gasteiger partial charge in [-0.1, -0.05) is 85.8 Å². The lowest BCUT2D eigenvalue weighted by molar-refractivity contribution is 0.0990. The molecule has 5 rings (SSSR count). The molecule has 5 aromatic rings. The van der Waals surface area contributed by atoms with E-state index < -0.39 is 5.25 Å². The van der Waals surface area contributed by atoms with Crippen molar-refractivity contribution in [3.63, 3.8) is 0 Å². The summed E-state index contributed by atoms with van der Waals surface area (Å²) in [5.41, 5.74) is 3.72. The first-order valence-electron chi connectivity index (χ1n) is 10.9. The van der Waals surface area contributed by atoms with Crippen molar-refractivity contribution in [2.75, 3.05) is 0 Å². The number of fused-ring (bicyclic) bond motifs is 1. The van der Waals surface area contributed by atoms with Crippen molar-refractivity contribution in [3.8, 4) is 0 Å². The van der Waals surface area contributed by atoms with Gasteiger partial charge < -0.3 is 9.40 Å². The number of ketones is 1. The zero-order valence-electron chi connectivity index (χ0n) is 18.1. The second-order valence-corrected chi connectivity index (χ2v) is 9.05. The van der Waals surface area contributed by atoms with Gasteiger partial charge in [-0.2, -0.15) is 0 Å². The largest absolute Gasteiger partial charge is 0.416 e. The standard InChI is InChI=1S/C27H23N3O2S/c1-18(19-10-4-2-5-11-19)16-24-29-30-27(32-24)33-26(20-12-6-3-7-13-20)25(31)22-17-28-23-15-9-8-14-21(22)23/h2-15,17-18,26,28H,16H2,1H3. The summed E-state index contributed by atoms with van der Waals surface area (Å²) in [4.78, 5) is 16.9. The first-order valence-corrected chi connectivity index (χ1v) is 11.8. The quantitative estimate of drug-likeness (QED) is 0.211. The molecule has 0 amide bonds. The average molecular weight is 454 g/mol. The van der Waals surface area contributed by atoms with Gasteiger partial charge in [-0.05, 0) is 34.9 Å². The summed E-state index contributed by atoms with van der Waals surface area (Å²) in [6.07, 6.45) is 2.42. The number of carbonyl (C=O) groups is 1. The lowest BCUT2D eigenvalue weighted by atomic mass is 9.98. The molecular formula is C27H23N3O2S. The van der Waals surface area contributed by atoms with E-state index in [2.05, 4.69) is 34.2 Å². The van der Waals surface area contributed by atoms with Crippen molar-refractivity contribution in [3.05, 3.63) is 114 Å². The molecule has 33 heavy (non-hydrogen) atoms. The Balaban J connectivity index is 1.40. The number of rotatable bonds is 8. The van der Waals surface area contributed by atoms with Crippen LogP contribution in [0.25, 0.3) is 10.9 Å². The van der Waals surface area contributed by atoms with E-state index in [4.69, 9.17) is 4.42 Å². The van der Waals surface area contributed by atoms with Gasteiger partial charge >= 0.3 is 0 Å². The lowest BCUT2D eigenvalue weighted by Gasteiger charge is -2.13. The minimum absolute atomic E-state index is 0.000976. The van der Waals surface area contributed by atoms with Crippen LogP contribution in [0.1, 0.15) is 45.5 Å². The van der Waals surface area contributed by atoms with E-state index in [0.29, 0.717) is 23.1 Å².